The summed E-state index contributed by atoms with van der Waals surface area (Å²) in [5.41, 5.74) is 6.26. The number of carbonyl (C=O) groups excluding carboxylic acids is 2. The van der Waals surface area contributed by atoms with Crippen LogP contribution in [0.5, 0.6) is 0 Å². The van der Waals surface area contributed by atoms with Gasteiger partial charge in [-0.3, -0.25) is 4.79 Å². The second kappa shape index (κ2) is 9.14. The van der Waals surface area contributed by atoms with Crippen LogP contribution in [0.15, 0.2) is 30.3 Å². The van der Waals surface area contributed by atoms with Gasteiger partial charge in [-0.2, -0.15) is 13.2 Å². The zero-order valence-electron chi connectivity index (χ0n) is 11.2. The van der Waals surface area contributed by atoms with Crippen molar-refractivity contribution < 1.29 is 27.5 Å². The van der Waals surface area contributed by atoms with Crippen LogP contribution in [0.1, 0.15) is 12.5 Å². The third-order valence-corrected chi connectivity index (χ3v) is 2.64. The molecule has 1 amide bonds. The minimum absolute atomic E-state index is 0. The number of halogens is 3. The van der Waals surface area contributed by atoms with Crippen LogP contribution in [0.25, 0.3) is 0 Å². The summed E-state index contributed by atoms with van der Waals surface area (Å²) >= 11 is 0. The maximum absolute atomic E-state index is 12.0. The molecule has 0 unspecified atom stereocenters. The van der Waals surface area contributed by atoms with Gasteiger partial charge in [-0.15, -0.1) is 0 Å². The maximum atomic E-state index is 12.0. The van der Waals surface area contributed by atoms with Gasteiger partial charge in [0.05, 0.1) is 0 Å². The molecule has 0 spiro atoms. The number of alkyl halides is 3. The zero-order chi connectivity index (χ0) is 16.0. The van der Waals surface area contributed by atoms with E-state index in [1.807, 2.05) is 0 Å². The number of carbonyl (C=O) groups is 2. The van der Waals surface area contributed by atoms with E-state index >= 15 is 0 Å². The average Bonchev–Trinajstić information content (AvgIpc) is 2.43. The van der Waals surface area contributed by atoms with Crippen molar-refractivity contribution in [1.82, 2.24) is 5.32 Å². The number of nitrogens with two attached hydrogens (primary N) is 1. The van der Waals surface area contributed by atoms with Crippen molar-refractivity contribution in [3.8, 4) is 0 Å². The van der Waals surface area contributed by atoms with E-state index in [0.29, 0.717) is 0 Å². The summed E-state index contributed by atoms with van der Waals surface area (Å²) in [5, 5.41) is 2.46. The SMILES string of the molecule is C[C@@H](OC(=O)C(F)(F)F)[C@H](N)C(=O)NCc1ccccc1.[NaH]. The first kappa shape index (κ1) is 20.9. The first-order chi connectivity index (χ1) is 9.71. The summed E-state index contributed by atoms with van der Waals surface area (Å²) in [4.78, 5) is 22.3. The number of hydrogen-bond donors (Lipinski definition) is 2. The molecule has 0 fully saturated rings. The molecule has 118 valence electrons. The van der Waals surface area contributed by atoms with E-state index in [2.05, 4.69) is 10.1 Å². The van der Waals surface area contributed by atoms with Gasteiger partial charge in [0.1, 0.15) is 12.1 Å². The first-order valence-corrected chi connectivity index (χ1v) is 6.07. The molecule has 1 rings (SSSR count). The van der Waals surface area contributed by atoms with E-state index in [4.69, 9.17) is 5.73 Å². The molecule has 0 aliphatic rings. The van der Waals surface area contributed by atoms with Crippen LogP contribution in [0.2, 0.25) is 0 Å². The van der Waals surface area contributed by atoms with Crippen molar-refractivity contribution in [1.29, 1.82) is 0 Å². The molecular formula is C13H16F3N2NaO3. The van der Waals surface area contributed by atoms with Gasteiger partial charge in [-0.25, -0.2) is 4.79 Å². The number of ether oxygens (including phenoxy) is 1. The Kier molecular flexibility index (Phi) is 8.69. The molecule has 0 aliphatic heterocycles. The van der Waals surface area contributed by atoms with Gasteiger partial charge in [0.2, 0.25) is 5.91 Å². The molecule has 22 heavy (non-hydrogen) atoms. The Morgan fingerprint density at radius 2 is 1.82 bits per heavy atom. The van der Waals surface area contributed by atoms with Gasteiger partial charge < -0.3 is 15.8 Å². The Bertz CT molecular complexity index is 497. The Morgan fingerprint density at radius 3 is 2.32 bits per heavy atom. The van der Waals surface area contributed by atoms with Crippen molar-refractivity contribution in [2.24, 2.45) is 5.73 Å². The molecule has 0 saturated heterocycles. The van der Waals surface area contributed by atoms with Crippen molar-refractivity contribution in [2.75, 3.05) is 0 Å². The number of benzene rings is 1. The standard InChI is InChI=1S/C13H15F3N2O3.Na.H/c1-8(21-12(20)13(14,15)16)10(17)11(19)18-7-9-5-3-2-4-6-9;;/h2-6,8,10H,7,17H2,1H3,(H,18,19);;/t8-,10+;;/m1../s1. The number of esters is 1. The normalized spacial score (nSPS) is 13.5. The van der Waals surface area contributed by atoms with Crippen molar-refractivity contribution in [3.63, 3.8) is 0 Å². The second-order valence-corrected chi connectivity index (χ2v) is 4.34. The number of hydrogen-bond acceptors (Lipinski definition) is 4. The Labute approximate surface area is 147 Å². The van der Waals surface area contributed by atoms with Gasteiger partial charge in [0.15, 0.2) is 0 Å². The summed E-state index contributed by atoms with van der Waals surface area (Å²) < 4.78 is 40.2. The van der Waals surface area contributed by atoms with E-state index in [9.17, 15) is 22.8 Å². The van der Waals surface area contributed by atoms with Crippen molar-refractivity contribution in [2.45, 2.75) is 31.8 Å². The van der Waals surface area contributed by atoms with Gasteiger partial charge in [-0.05, 0) is 12.5 Å². The number of rotatable bonds is 5. The molecule has 1 aromatic carbocycles. The van der Waals surface area contributed by atoms with E-state index < -0.39 is 30.2 Å². The molecule has 0 heterocycles. The summed E-state index contributed by atoms with van der Waals surface area (Å²) in [6, 6.07) is 7.48. The summed E-state index contributed by atoms with van der Waals surface area (Å²) in [7, 11) is 0. The van der Waals surface area contributed by atoms with Crippen LogP contribution >= 0.6 is 0 Å². The number of nitrogens with one attached hydrogen (secondary N) is 1. The van der Waals surface area contributed by atoms with Crippen LogP contribution in [-0.4, -0.2) is 59.8 Å². The van der Waals surface area contributed by atoms with Crippen molar-refractivity contribution in [3.05, 3.63) is 35.9 Å². The topological polar surface area (TPSA) is 81.4 Å². The third kappa shape index (κ3) is 6.78. The van der Waals surface area contributed by atoms with Crippen LogP contribution in [0.4, 0.5) is 13.2 Å². The molecule has 1 aromatic rings. The minimum atomic E-state index is -5.12. The number of amides is 1. The molecular weight excluding hydrogens is 312 g/mol. The fourth-order valence-corrected chi connectivity index (χ4v) is 1.43. The molecule has 2 atom stereocenters. The molecule has 0 radical (unpaired) electrons. The predicted octanol–water partition coefficient (Wildman–Crippen LogP) is 0.476. The summed E-state index contributed by atoms with van der Waals surface area (Å²) in [5.74, 6) is -3.08. The zero-order valence-corrected chi connectivity index (χ0v) is 11.2. The second-order valence-electron chi connectivity index (χ2n) is 4.34. The molecule has 3 N–H and O–H groups in total. The van der Waals surface area contributed by atoms with Gasteiger partial charge in [0.25, 0.3) is 0 Å². The van der Waals surface area contributed by atoms with E-state index in [0.717, 1.165) is 12.5 Å². The molecule has 0 aliphatic carbocycles. The van der Waals surface area contributed by atoms with Gasteiger partial charge in [0, 0.05) is 6.54 Å². The Morgan fingerprint density at radius 1 is 1.27 bits per heavy atom. The fourth-order valence-electron chi connectivity index (χ4n) is 1.43. The molecule has 0 bridgehead atoms. The van der Waals surface area contributed by atoms with Crippen LogP contribution in [-0.2, 0) is 20.9 Å². The van der Waals surface area contributed by atoms with E-state index in [1.165, 1.54) is 0 Å². The van der Waals surface area contributed by atoms with Crippen LogP contribution in [0.3, 0.4) is 0 Å². The Balaban J connectivity index is 0.00000441. The average molecular weight is 328 g/mol. The molecule has 0 aromatic heterocycles. The predicted molar refractivity (Wildman–Crippen MR) is 75.0 cm³/mol. The van der Waals surface area contributed by atoms with Gasteiger partial charge >= 0.3 is 41.7 Å². The van der Waals surface area contributed by atoms with E-state index in [-0.39, 0.29) is 36.1 Å². The first-order valence-electron chi connectivity index (χ1n) is 6.07. The monoisotopic (exact) mass is 328 g/mol. The molecule has 5 nitrogen and oxygen atoms in total. The molecule has 9 heteroatoms. The van der Waals surface area contributed by atoms with Crippen LogP contribution < -0.4 is 11.1 Å². The molecule has 0 saturated carbocycles. The fraction of sp³-hybridized carbons (Fsp3) is 0.385. The van der Waals surface area contributed by atoms with E-state index in [1.54, 1.807) is 30.3 Å². The van der Waals surface area contributed by atoms with Crippen LogP contribution in [0, 0.1) is 0 Å². The summed E-state index contributed by atoms with van der Waals surface area (Å²) in [6.45, 7) is 1.30. The third-order valence-electron chi connectivity index (χ3n) is 2.64. The van der Waals surface area contributed by atoms with Gasteiger partial charge in [-0.1, -0.05) is 30.3 Å². The summed E-state index contributed by atoms with van der Waals surface area (Å²) in [6.07, 6.45) is -6.51. The Hall–Kier alpha value is -1.09. The quantitative estimate of drug-likeness (QED) is 0.608. The van der Waals surface area contributed by atoms with Crippen molar-refractivity contribution >= 4 is 41.4 Å².